The van der Waals surface area contributed by atoms with Crippen molar-refractivity contribution in [3.63, 3.8) is 0 Å². The summed E-state index contributed by atoms with van der Waals surface area (Å²) < 4.78 is 12.8. The monoisotopic (exact) mass is 419 g/mol. The number of rotatable bonds is 7. The first kappa shape index (κ1) is 21.0. The summed E-state index contributed by atoms with van der Waals surface area (Å²) >= 11 is 0. The smallest absolute Gasteiger partial charge is 0.231 e. The lowest BCUT2D eigenvalue weighted by Gasteiger charge is -2.31. The van der Waals surface area contributed by atoms with E-state index in [0.717, 1.165) is 42.6 Å². The van der Waals surface area contributed by atoms with Crippen LogP contribution in [0.5, 0.6) is 11.5 Å². The Labute approximate surface area is 183 Å². The minimum Gasteiger partial charge on any atom is -0.493 e. The zero-order valence-electron chi connectivity index (χ0n) is 18.3. The fourth-order valence-corrected chi connectivity index (χ4v) is 4.64. The summed E-state index contributed by atoms with van der Waals surface area (Å²) in [5.74, 6) is 2.07. The first-order chi connectivity index (χ1) is 15.1. The van der Waals surface area contributed by atoms with Crippen LogP contribution >= 0.6 is 0 Å². The van der Waals surface area contributed by atoms with Gasteiger partial charge in [0, 0.05) is 19.4 Å². The van der Waals surface area contributed by atoms with Gasteiger partial charge in [-0.15, -0.1) is 0 Å². The molecule has 0 aliphatic heterocycles. The van der Waals surface area contributed by atoms with Crippen LogP contribution in [-0.4, -0.2) is 29.7 Å². The lowest BCUT2D eigenvalue weighted by Crippen LogP contribution is -2.44. The Morgan fingerprint density at radius 1 is 1.06 bits per heavy atom. The van der Waals surface area contributed by atoms with Crippen molar-refractivity contribution in [1.29, 1.82) is 0 Å². The van der Waals surface area contributed by atoms with Gasteiger partial charge in [0.05, 0.1) is 19.6 Å². The minimum atomic E-state index is -0.513. The van der Waals surface area contributed by atoms with Crippen molar-refractivity contribution < 1.29 is 14.3 Å². The van der Waals surface area contributed by atoms with Gasteiger partial charge in [-0.1, -0.05) is 49.2 Å². The second-order valence-electron chi connectivity index (χ2n) is 8.07. The Bertz CT molecular complexity index is 1040. The molecule has 0 saturated heterocycles. The van der Waals surface area contributed by atoms with Crippen molar-refractivity contribution in [2.75, 3.05) is 14.2 Å². The van der Waals surface area contributed by atoms with Gasteiger partial charge >= 0.3 is 0 Å². The molecule has 1 unspecified atom stereocenters. The van der Waals surface area contributed by atoms with E-state index in [0.29, 0.717) is 11.5 Å². The van der Waals surface area contributed by atoms with Gasteiger partial charge in [0.25, 0.3) is 0 Å². The topological polar surface area (TPSA) is 65.4 Å². The van der Waals surface area contributed by atoms with Gasteiger partial charge < -0.3 is 19.4 Å². The molecule has 1 aliphatic rings. The summed E-state index contributed by atoms with van der Waals surface area (Å²) in [6.07, 6.45) is 7.43. The quantitative estimate of drug-likeness (QED) is 0.625. The number of aryl methyl sites for hydroxylation is 1. The van der Waals surface area contributed by atoms with E-state index < -0.39 is 11.5 Å². The number of amides is 1. The van der Waals surface area contributed by atoms with Crippen LogP contribution in [0.1, 0.15) is 48.7 Å². The molecule has 1 heterocycles. The van der Waals surface area contributed by atoms with Gasteiger partial charge in [0.15, 0.2) is 11.5 Å². The molecule has 6 heteroatoms. The summed E-state index contributed by atoms with van der Waals surface area (Å²) in [4.78, 5) is 18.4. The fourth-order valence-electron chi connectivity index (χ4n) is 4.64. The molecule has 1 N–H and O–H groups in total. The number of nitrogens with zero attached hydrogens (tertiary/aromatic N) is 2. The summed E-state index contributed by atoms with van der Waals surface area (Å²) in [5.41, 5.74) is 1.46. The number of benzene rings is 2. The predicted octanol–water partition coefficient (Wildman–Crippen LogP) is 4.15. The highest BCUT2D eigenvalue weighted by Gasteiger charge is 2.43. The third-order valence-corrected chi connectivity index (χ3v) is 6.35. The minimum absolute atomic E-state index is 0.0407. The Balaban J connectivity index is 1.73. The third kappa shape index (κ3) is 3.90. The SMILES string of the molecule is COc1ccc(C(NC(=O)C2(c3ccccc3)CCCC2)c2nccn2C)cc1OC. The molecule has 1 saturated carbocycles. The van der Waals surface area contributed by atoms with E-state index in [1.807, 2.05) is 54.2 Å². The lowest BCUT2D eigenvalue weighted by atomic mass is 9.77. The molecule has 31 heavy (non-hydrogen) atoms. The molecule has 0 bridgehead atoms. The average Bonchev–Trinajstić information content (AvgIpc) is 3.47. The number of hydrogen-bond acceptors (Lipinski definition) is 4. The Morgan fingerprint density at radius 2 is 1.77 bits per heavy atom. The van der Waals surface area contributed by atoms with E-state index in [4.69, 9.17) is 9.47 Å². The Hall–Kier alpha value is -3.28. The van der Waals surface area contributed by atoms with Crippen LogP contribution in [0.15, 0.2) is 60.9 Å². The molecule has 1 amide bonds. The zero-order chi connectivity index (χ0) is 21.8. The number of imidazole rings is 1. The first-order valence-electron chi connectivity index (χ1n) is 10.6. The summed E-state index contributed by atoms with van der Waals surface area (Å²) in [6, 6.07) is 15.4. The van der Waals surface area contributed by atoms with Crippen LogP contribution in [0.3, 0.4) is 0 Å². The number of hydrogen-bond donors (Lipinski definition) is 1. The molecule has 0 spiro atoms. The standard InChI is InChI=1S/C25H29N3O3/c1-28-16-15-26-23(28)22(18-11-12-20(30-2)21(17-18)31-3)27-24(29)25(13-7-8-14-25)19-9-5-4-6-10-19/h4-6,9-12,15-17,22H,7-8,13-14H2,1-3H3,(H,27,29). The Kier molecular flexibility index (Phi) is 5.98. The molecular formula is C25H29N3O3. The summed E-state index contributed by atoms with van der Waals surface area (Å²) in [6.45, 7) is 0. The van der Waals surface area contributed by atoms with Crippen molar-refractivity contribution in [3.05, 3.63) is 77.9 Å². The van der Waals surface area contributed by atoms with E-state index in [1.165, 1.54) is 0 Å². The van der Waals surface area contributed by atoms with E-state index in [-0.39, 0.29) is 5.91 Å². The molecule has 1 aromatic heterocycles. The van der Waals surface area contributed by atoms with Crippen LogP contribution < -0.4 is 14.8 Å². The molecule has 2 aromatic carbocycles. The van der Waals surface area contributed by atoms with Crippen LogP contribution in [0.4, 0.5) is 0 Å². The van der Waals surface area contributed by atoms with E-state index in [9.17, 15) is 4.79 Å². The molecule has 1 atom stereocenters. The Morgan fingerprint density at radius 3 is 2.39 bits per heavy atom. The molecule has 3 aromatic rings. The summed E-state index contributed by atoms with van der Waals surface area (Å²) in [5, 5.41) is 3.33. The maximum atomic E-state index is 13.8. The molecule has 6 nitrogen and oxygen atoms in total. The predicted molar refractivity (Wildman–Crippen MR) is 119 cm³/mol. The third-order valence-electron chi connectivity index (χ3n) is 6.35. The van der Waals surface area contributed by atoms with Crippen LogP contribution in [0.25, 0.3) is 0 Å². The number of aromatic nitrogens is 2. The number of nitrogens with one attached hydrogen (secondary N) is 1. The largest absolute Gasteiger partial charge is 0.493 e. The van der Waals surface area contributed by atoms with Crippen molar-refractivity contribution in [2.24, 2.45) is 7.05 Å². The molecule has 0 radical (unpaired) electrons. The van der Waals surface area contributed by atoms with Gasteiger partial charge in [0.2, 0.25) is 5.91 Å². The molecule has 1 fully saturated rings. The number of methoxy groups -OCH3 is 2. The highest BCUT2D eigenvalue weighted by molar-refractivity contribution is 5.89. The van der Waals surface area contributed by atoms with E-state index in [1.54, 1.807) is 20.4 Å². The zero-order valence-corrected chi connectivity index (χ0v) is 18.3. The van der Waals surface area contributed by atoms with E-state index in [2.05, 4.69) is 22.4 Å². The van der Waals surface area contributed by atoms with Gasteiger partial charge in [-0.25, -0.2) is 4.98 Å². The average molecular weight is 420 g/mol. The second-order valence-corrected chi connectivity index (χ2v) is 8.07. The van der Waals surface area contributed by atoms with Gasteiger partial charge in [-0.2, -0.15) is 0 Å². The van der Waals surface area contributed by atoms with E-state index >= 15 is 0 Å². The molecular weight excluding hydrogens is 390 g/mol. The molecule has 162 valence electrons. The van der Waals surface area contributed by atoms with Gasteiger partial charge in [-0.05, 0) is 36.1 Å². The first-order valence-corrected chi connectivity index (χ1v) is 10.6. The number of carbonyl (C=O) groups excluding carboxylic acids is 1. The maximum Gasteiger partial charge on any atom is 0.231 e. The highest BCUT2D eigenvalue weighted by Crippen LogP contribution is 2.42. The number of carbonyl (C=O) groups is 1. The van der Waals surface area contributed by atoms with Crippen molar-refractivity contribution >= 4 is 5.91 Å². The van der Waals surface area contributed by atoms with Crippen molar-refractivity contribution in [3.8, 4) is 11.5 Å². The van der Waals surface area contributed by atoms with Gasteiger partial charge in [0.1, 0.15) is 11.9 Å². The molecule has 4 rings (SSSR count). The highest BCUT2D eigenvalue weighted by atomic mass is 16.5. The molecule has 1 aliphatic carbocycles. The number of ether oxygens (including phenoxy) is 2. The van der Waals surface area contributed by atoms with Crippen LogP contribution in [0.2, 0.25) is 0 Å². The summed E-state index contributed by atoms with van der Waals surface area (Å²) in [7, 11) is 5.16. The maximum absolute atomic E-state index is 13.8. The van der Waals surface area contributed by atoms with Gasteiger partial charge in [-0.3, -0.25) is 4.79 Å². The normalized spacial score (nSPS) is 16.0. The van der Waals surface area contributed by atoms with Crippen molar-refractivity contribution in [2.45, 2.75) is 37.1 Å². The van der Waals surface area contributed by atoms with Crippen LogP contribution in [0, 0.1) is 0 Å². The lowest BCUT2D eigenvalue weighted by molar-refractivity contribution is -0.127. The van der Waals surface area contributed by atoms with Crippen LogP contribution in [-0.2, 0) is 17.3 Å². The second kappa shape index (κ2) is 8.84. The fraction of sp³-hybridized carbons (Fsp3) is 0.360. The van der Waals surface area contributed by atoms with Crippen molar-refractivity contribution in [1.82, 2.24) is 14.9 Å².